The van der Waals surface area contributed by atoms with E-state index in [1.54, 1.807) is 28.1 Å². The number of benzene rings is 2. The van der Waals surface area contributed by atoms with Gasteiger partial charge in [-0.25, -0.2) is 8.42 Å². The molecule has 190 valence electrons. The number of likely N-dealkylation sites (N-methyl/N-ethyl adjacent to an activating group) is 1. The predicted molar refractivity (Wildman–Crippen MR) is 128 cm³/mol. The van der Waals surface area contributed by atoms with E-state index in [1.807, 2.05) is 30.1 Å². The van der Waals surface area contributed by atoms with Gasteiger partial charge < -0.3 is 14.4 Å². The summed E-state index contributed by atoms with van der Waals surface area (Å²) in [6.07, 6.45) is -3.45. The van der Waals surface area contributed by atoms with Crippen LogP contribution in [0.2, 0.25) is 0 Å². The molecule has 0 spiro atoms. The van der Waals surface area contributed by atoms with Crippen LogP contribution < -0.4 is 13.8 Å². The molecular weight excluding hydrogens is 469 g/mol. The Hall–Kier alpha value is -2.46. The van der Waals surface area contributed by atoms with Crippen LogP contribution in [0.25, 0.3) is 0 Å². The predicted octanol–water partition coefficient (Wildman–Crippen LogP) is 4.83. The normalized spacial score (nSPS) is 12.3. The number of anilines is 1. The molecule has 0 aliphatic carbocycles. The van der Waals surface area contributed by atoms with E-state index in [0.29, 0.717) is 31.0 Å². The number of hydrogen-bond donors (Lipinski definition) is 0. The van der Waals surface area contributed by atoms with Gasteiger partial charge in [-0.15, -0.1) is 0 Å². The highest BCUT2D eigenvalue weighted by atomic mass is 32.2. The summed E-state index contributed by atoms with van der Waals surface area (Å²) in [5, 5.41) is 0. The summed E-state index contributed by atoms with van der Waals surface area (Å²) in [4.78, 5) is 2.02. The lowest BCUT2D eigenvalue weighted by Gasteiger charge is -2.29. The Morgan fingerprint density at radius 3 is 2.24 bits per heavy atom. The zero-order valence-corrected chi connectivity index (χ0v) is 21.0. The van der Waals surface area contributed by atoms with E-state index in [0.717, 1.165) is 28.4 Å². The molecule has 2 aromatic carbocycles. The molecule has 0 fully saturated rings. The number of alkyl halides is 3. The minimum Gasteiger partial charge on any atom is -0.493 e. The first kappa shape index (κ1) is 27.8. The van der Waals surface area contributed by atoms with Gasteiger partial charge in [0.25, 0.3) is 0 Å². The van der Waals surface area contributed by atoms with E-state index in [-0.39, 0.29) is 11.4 Å². The summed E-state index contributed by atoms with van der Waals surface area (Å²) in [5.41, 5.74) is 0.208. The van der Waals surface area contributed by atoms with Gasteiger partial charge in [0, 0.05) is 12.6 Å². The van der Waals surface area contributed by atoms with Crippen molar-refractivity contribution >= 4 is 15.7 Å². The first-order chi connectivity index (χ1) is 15.9. The second-order valence-corrected chi connectivity index (χ2v) is 10.3. The highest BCUT2D eigenvalue weighted by molar-refractivity contribution is 7.92. The summed E-state index contributed by atoms with van der Waals surface area (Å²) in [6.45, 7) is 4.53. The van der Waals surface area contributed by atoms with Gasteiger partial charge >= 0.3 is 6.18 Å². The van der Waals surface area contributed by atoms with E-state index in [4.69, 9.17) is 9.47 Å². The van der Waals surface area contributed by atoms with Crippen LogP contribution in [-0.2, 0) is 22.6 Å². The topological polar surface area (TPSA) is 59.1 Å². The molecule has 0 N–H and O–H groups in total. The standard InChI is InChI=1S/C24H33F3N2O4S/c1-18(2)29(21-9-6-8-20(17-21)24(25,26)27)34(30,31)15-7-13-28(3)14-12-19-10-11-22(32-4)23(16-19)33-5/h6,8-11,16-18H,7,12-15H2,1-5H3. The quantitative estimate of drug-likeness (QED) is 0.416. The minimum absolute atomic E-state index is 0.0200. The second-order valence-electron chi connectivity index (χ2n) is 8.35. The van der Waals surface area contributed by atoms with Crippen LogP contribution in [0.4, 0.5) is 18.9 Å². The van der Waals surface area contributed by atoms with Gasteiger partial charge in [0.15, 0.2) is 11.5 Å². The molecule has 0 bridgehead atoms. The molecule has 0 aliphatic rings. The van der Waals surface area contributed by atoms with Crippen molar-refractivity contribution in [2.45, 2.75) is 38.9 Å². The Bertz CT molecular complexity index is 1040. The van der Waals surface area contributed by atoms with Crippen LogP contribution in [0, 0.1) is 0 Å². The number of methoxy groups -OCH3 is 2. The van der Waals surface area contributed by atoms with Crippen molar-refractivity contribution in [3.8, 4) is 11.5 Å². The summed E-state index contributed by atoms with van der Waals surface area (Å²) >= 11 is 0. The average Bonchev–Trinajstić information content (AvgIpc) is 2.76. The summed E-state index contributed by atoms with van der Waals surface area (Å²) in [6, 6.07) is 9.62. The van der Waals surface area contributed by atoms with E-state index in [1.165, 1.54) is 12.1 Å². The molecule has 0 amide bonds. The van der Waals surface area contributed by atoms with Gasteiger partial charge in [0.1, 0.15) is 0 Å². The Kier molecular flexibility index (Phi) is 9.64. The highest BCUT2D eigenvalue weighted by Gasteiger charge is 2.32. The Labute approximate surface area is 200 Å². The number of nitrogens with zero attached hydrogens (tertiary/aromatic N) is 2. The zero-order valence-electron chi connectivity index (χ0n) is 20.2. The van der Waals surface area contributed by atoms with Crippen LogP contribution in [0.1, 0.15) is 31.4 Å². The number of sulfonamides is 1. The van der Waals surface area contributed by atoms with Crippen molar-refractivity contribution in [1.82, 2.24) is 4.90 Å². The third-order valence-electron chi connectivity index (χ3n) is 5.37. The molecule has 0 heterocycles. The first-order valence-electron chi connectivity index (χ1n) is 11.0. The third kappa shape index (κ3) is 7.53. The van der Waals surface area contributed by atoms with Gasteiger partial charge in [-0.05, 0) is 76.2 Å². The maximum absolute atomic E-state index is 13.1. The van der Waals surface area contributed by atoms with Crippen molar-refractivity contribution in [1.29, 1.82) is 0 Å². The van der Waals surface area contributed by atoms with Gasteiger partial charge in [-0.3, -0.25) is 4.31 Å². The number of hydrogen-bond acceptors (Lipinski definition) is 5. The maximum atomic E-state index is 13.1. The molecule has 0 unspecified atom stereocenters. The number of ether oxygens (including phenoxy) is 2. The summed E-state index contributed by atoms with van der Waals surface area (Å²) in [7, 11) is 1.25. The van der Waals surface area contributed by atoms with Crippen LogP contribution in [0.3, 0.4) is 0 Å². The Morgan fingerprint density at radius 1 is 0.971 bits per heavy atom. The molecule has 0 atom stereocenters. The molecule has 0 aromatic heterocycles. The van der Waals surface area contributed by atoms with Gasteiger partial charge in [0.05, 0.1) is 31.2 Å². The van der Waals surface area contributed by atoms with Crippen molar-refractivity contribution in [2.24, 2.45) is 0 Å². The fourth-order valence-corrected chi connectivity index (χ4v) is 5.45. The number of halogens is 3. The molecule has 0 radical (unpaired) electrons. The fourth-order valence-electron chi connectivity index (χ4n) is 3.68. The lowest BCUT2D eigenvalue weighted by Crippen LogP contribution is -2.39. The smallest absolute Gasteiger partial charge is 0.416 e. The van der Waals surface area contributed by atoms with E-state index < -0.39 is 27.8 Å². The van der Waals surface area contributed by atoms with Crippen LogP contribution >= 0.6 is 0 Å². The third-order valence-corrected chi connectivity index (χ3v) is 7.41. The summed E-state index contributed by atoms with van der Waals surface area (Å²) < 4.78 is 77.0. The molecule has 2 aromatic rings. The lowest BCUT2D eigenvalue weighted by molar-refractivity contribution is -0.137. The molecular formula is C24H33F3N2O4S. The molecule has 0 aliphatic heterocycles. The van der Waals surface area contributed by atoms with Gasteiger partial charge in [0.2, 0.25) is 10.0 Å². The van der Waals surface area contributed by atoms with Crippen molar-refractivity contribution in [2.75, 3.05) is 44.4 Å². The molecule has 10 heteroatoms. The van der Waals surface area contributed by atoms with Crippen LogP contribution in [0.15, 0.2) is 42.5 Å². The van der Waals surface area contributed by atoms with E-state index in [9.17, 15) is 21.6 Å². The molecule has 34 heavy (non-hydrogen) atoms. The van der Waals surface area contributed by atoms with E-state index >= 15 is 0 Å². The first-order valence-corrected chi connectivity index (χ1v) is 12.6. The van der Waals surface area contributed by atoms with Crippen molar-refractivity contribution < 1.29 is 31.1 Å². The highest BCUT2D eigenvalue weighted by Crippen LogP contribution is 2.33. The molecule has 0 saturated carbocycles. The Balaban J connectivity index is 1.98. The van der Waals surface area contributed by atoms with Crippen molar-refractivity contribution in [3.05, 3.63) is 53.6 Å². The van der Waals surface area contributed by atoms with Crippen molar-refractivity contribution in [3.63, 3.8) is 0 Å². The largest absolute Gasteiger partial charge is 0.493 e. The maximum Gasteiger partial charge on any atom is 0.416 e. The molecule has 0 saturated heterocycles. The zero-order chi connectivity index (χ0) is 25.5. The number of rotatable bonds is 12. The monoisotopic (exact) mass is 502 g/mol. The van der Waals surface area contributed by atoms with Gasteiger partial charge in [-0.1, -0.05) is 12.1 Å². The van der Waals surface area contributed by atoms with Gasteiger partial charge in [-0.2, -0.15) is 13.2 Å². The average molecular weight is 503 g/mol. The fraction of sp³-hybridized carbons (Fsp3) is 0.500. The van der Waals surface area contributed by atoms with Crippen LogP contribution in [-0.4, -0.2) is 59.5 Å². The minimum atomic E-state index is -4.54. The molecule has 2 rings (SSSR count). The van der Waals surface area contributed by atoms with Crippen LogP contribution in [0.5, 0.6) is 11.5 Å². The second kappa shape index (κ2) is 11.8. The Morgan fingerprint density at radius 2 is 1.65 bits per heavy atom. The van der Waals surface area contributed by atoms with E-state index in [2.05, 4.69) is 0 Å². The summed E-state index contributed by atoms with van der Waals surface area (Å²) in [5.74, 6) is 1.14. The SMILES string of the molecule is COc1ccc(CCN(C)CCCS(=O)(=O)N(c2cccc(C(F)(F)F)c2)C(C)C)cc1OC. The molecule has 6 nitrogen and oxygen atoms in total. The lowest BCUT2D eigenvalue weighted by atomic mass is 10.1.